The summed E-state index contributed by atoms with van der Waals surface area (Å²) in [6.45, 7) is 3.80. The highest BCUT2D eigenvalue weighted by Gasteiger charge is 2.25. The largest absolute Gasteiger partial charge is 0.454 e. The van der Waals surface area contributed by atoms with Crippen LogP contribution in [-0.2, 0) is 4.79 Å². The van der Waals surface area contributed by atoms with Gasteiger partial charge in [0.15, 0.2) is 11.5 Å². The Hall–Kier alpha value is -2.01. The van der Waals surface area contributed by atoms with Crippen molar-refractivity contribution >= 4 is 12.0 Å². The maximum Gasteiger partial charge on any atom is 0.246 e. The minimum Gasteiger partial charge on any atom is -0.454 e. The van der Waals surface area contributed by atoms with Gasteiger partial charge in [-0.3, -0.25) is 4.79 Å². The maximum absolute atomic E-state index is 12.2. The number of carbonyl (C=O) groups is 1. The lowest BCUT2D eigenvalue weighted by Gasteiger charge is -2.34. The smallest absolute Gasteiger partial charge is 0.246 e. The molecular formula is C16H20N2O3. The molecule has 3 rings (SSSR count). The van der Waals surface area contributed by atoms with E-state index in [2.05, 4.69) is 6.92 Å². The summed E-state index contributed by atoms with van der Waals surface area (Å²) in [7, 11) is 0. The van der Waals surface area contributed by atoms with Crippen molar-refractivity contribution in [1.82, 2.24) is 4.90 Å². The number of hydrogen-bond donors (Lipinski definition) is 1. The maximum atomic E-state index is 12.2. The number of carbonyl (C=O) groups excluding carboxylic acids is 1. The highest BCUT2D eigenvalue weighted by molar-refractivity contribution is 5.92. The quantitative estimate of drug-likeness (QED) is 0.840. The minimum atomic E-state index is 0.00927. The first-order valence-electron chi connectivity index (χ1n) is 7.26. The van der Waals surface area contributed by atoms with Gasteiger partial charge in [0.2, 0.25) is 12.7 Å². The Labute approximate surface area is 124 Å². The predicted octanol–water partition coefficient (Wildman–Crippen LogP) is 1.62. The zero-order chi connectivity index (χ0) is 14.8. The van der Waals surface area contributed by atoms with E-state index in [0.717, 1.165) is 30.0 Å². The Morgan fingerprint density at radius 3 is 3.00 bits per heavy atom. The molecule has 5 nitrogen and oxygen atoms in total. The fraction of sp³-hybridized carbons (Fsp3) is 0.438. The van der Waals surface area contributed by atoms with Gasteiger partial charge < -0.3 is 20.1 Å². The highest BCUT2D eigenvalue weighted by Crippen LogP contribution is 2.32. The molecule has 1 fully saturated rings. The molecule has 112 valence electrons. The molecule has 1 amide bonds. The standard InChI is InChI=1S/C16H20N2O3/c1-11-6-7-18(9-13(11)17)16(19)5-3-12-2-4-14-15(8-12)21-10-20-14/h2-5,8,11,13H,6-7,9-10,17H2,1H3. The third-order valence-corrected chi connectivity index (χ3v) is 4.14. The molecule has 0 bridgehead atoms. The molecule has 21 heavy (non-hydrogen) atoms. The molecule has 0 aliphatic carbocycles. The lowest BCUT2D eigenvalue weighted by molar-refractivity contribution is -0.127. The van der Waals surface area contributed by atoms with Crippen LogP contribution in [-0.4, -0.2) is 36.7 Å². The van der Waals surface area contributed by atoms with Gasteiger partial charge in [-0.05, 0) is 36.1 Å². The van der Waals surface area contributed by atoms with Crippen LogP contribution in [0.15, 0.2) is 24.3 Å². The van der Waals surface area contributed by atoms with Crippen LogP contribution >= 0.6 is 0 Å². The predicted molar refractivity (Wildman–Crippen MR) is 79.9 cm³/mol. The molecular weight excluding hydrogens is 268 g/mol. The Morgan fingerprint density at radius 1 is 1.38 bits per heavy atom. The average Bonchev–Trinajstić information content (AvgIpc) is 2.95. The summed E-state index contributed by atoms with van der Waals surface area (Å²) in [6, 6.07) is 5.70. The third kappa shape index (κ3) is 3.03. The van der Waals surface area contributed by atoms with E-state index in [1.807, 2.05) is 23.1 Å². The van der Waals surface area contributed by atoms with Crippen LogP contribution in [0, 0.1) is 5.92 Å². The van der Waals surface area contributed by atoms with Crippen LogP contribution in [0.3, 0.4) is 0 Å². The molecule has 1 aromatic rings. The lowest BCUT2D eigenvalue weighted by atomic mass is 9.94. The number of piperidine rings is 1. The van der Waals surface area contributed by atoms with Gasteiger partial charge in [-0.1, -0.05) is 13.0 Å². The van der Waals surface area contributed by atoms with Crippen molar-refractivity contribution in [2.75, 3.05) is 19.9 Å². The van der Waals surface area contributed by atoms with Crippen molar-refractivity contribution in [3.63, 3.8) is 0 Å². The first-order chi connectivity index (χ1) is 10.1. The number of benzene rings is 1. The number of hydrogen-bond acceptors (Lipinski definition) is 4. The zero-order valence-electron chi connectivity index (χ0n) is 12.1. The SMILES string of the molecule is CC1CCN(C(=O)C=Cc2ccc3c(c2)OCO3)CC1N. The highest BCUT2D eigenvalue weighted by atomic mass is 16.7. The van der Waals surface area contributed by atoms with Crippen LogP contribution in [0.2, 0.25) is 0 Å². The molecule has 2 aliphatic rings. The first-order valence-corrected chi connectivity index (χ1v) is 7.26. The van der Waals surface area contributed by atoms with Gasteiger partial charge in [-0.2, -0.15) is 0 Å². The van der Waals surface area contributed by atoms with Gasteiger partial charge in [-0.25, -0.2) is 0 Å². The van der Waals surface area contributed by atoms with E-state index in [4.69, 9.17) is 15.2 Å². The van der Waals surface area contributed by atoms with E-state index in [9.17, 15) is 4.79 Å². The summed E-state index contributed by atoms with van der Waals surface area (Å²) in [5.41, 5.74) is 6.95. The molecule has 1 saturated heterocycles. The van der Waals surface area contributed by atoms with Crippen molar-refractivity contribution in [3.8, 4) is 11.5 Å². The normalized spacial score (nSPS) is 24.6. The number of rotatable bonds is 2. The first kappa shape index (κ1) is 13.9. The van der Waals surface area contributed by atoms with E-state index in [1.165, 1.54) is 0 Å². The summed E-state index contributed by atoms with van der Waals surface area (Å²) < 4.78 is 10.6. The molecule has 0 spiro atoms. The number of likely N-dealkylation sites (tertiary alicyclic amines) is 1. The van der Waals surface area contributed by atoms with Crippen molar-refractivity contribution < 1.29 is 14.3 Å². The molecule has 0 saturated carbocycles. The fourth-order valence-corrected chi connectivity index (χ4v) is 2.59. The second-order valence-electron chi connectivity index (χ2n) is 5.66. The van der Waals surface area contributed by atoms with Crippen molar-refractivity contribution in [3.05, 3.63) is 29.8 Å². The number of fused-ring (bicyclic) bond motifs is 1. The Morgan fingerprint density at radius 2 is 2.19 bits per heavy atom. The van der Waals surface area contributed by atoms with E-state index in [0.29, 0.717) is 12.5 Å². The van der Waals surface area contributed by atoms with Gasteiger partial charge in [0, 0.05) is 25.2 Å². The summed E-state index contributed by atoms with van der Waals surface area (Å²) in [5, 5.41) is 0. The van der Waals surface area contributed by atoms with E-state index in [-0.39, 0.29) is 18.7 Å². The summed E-state index contributed by atoms with van der Waals surface area (Å²) in [4.78, 5) is 14.0. The molecule has 5 heteroatoms. The van der Waals surface area contributed by atoms with Crippen LogP contribution in [0.4, 0.5) is 0 Å². The lowest BCUT2D eigenvalue weighted by Crippen LogP contribution is -2.49. The minimum absolute atomic E-state index is 0.00927. The molecule has 1 aromatic carbocycles. The van der Waals surface area contributed by atoms with Gasteiger partial charge in [0.05, 0.1) is 0 Å². The topological polar surface area (TPSA) is 64.8 Å². The second-order valence-corrected chi connectivity index (χ2v) is 5.66. The molecule has 2 N–H and O–H groups in total. The summed E-state index contributed by atoms with van der Waals surface area (Å²) >= 11 is 0. The number of ether oxygens (including phenoxy) is 2. The fourth-order valence-electron chi connectivity index (χ4n) is 2.59. The van der Waals surface area contributed by atoms with Crippen molar-refractivity contribution in [1.29, 1.82) is 0 Å². The van der Waals surface area contributed by atoms with E-state index >= 15 is 0 Å². The third-order valence-electron chi connectivity index (χ3n) is 4.14. The molecule has 2 aliphatic heterocycles. The van der Waals surface area contributed by atoms with Crippen molar-refractivity contribution in [2.45, 2.75) is 19.4 Å². The molecule has 0 radical (unpaired) electrons. The van der Waals surface area contributed by atoms with E-state index < -0.39 is 0 Å². The number of amides is 1. The van der Waals surface area contributed by atoms with Crippen LogP contribution in [0.25, 0.3) is 6.08 Å². The van der Waals surface area contributed by atoms with Gasteiger partial charge in [-0.15, -0.1) is 0 Å². The number of nitrogens with zero attached hydrogens (tertiary/aromatic N) is 1. The van der Waals surface area contributed by atoms with Gasteiger partial charge in [0.25, 0.3) is 0 Å². The summed E-state index contributed by atoms with van der Waals surface area (Å²) in [6.07, 6.45) is 4.36. The van der Waals surface area contributed by atoms with Gasteiger partial charge >= 0.3 is 0 Å². The number of nitrogens with two attached hydrogens (primary N) is 1. The zero-order valence-corrected chi connectivity index (χ0v) is 12.1. The van der Waals surface area contributed by atoms with E-state index in [1.54, 1.807) is 12.2 Å². The van der Waals surface area contributed by atoms with Crippen LogP contribution in [0.5, 0.6) is 11.5 Å². The van der Waals surface area contributed by atoms with Gasteiger partial charge in [0.1, 0.15) is 0 Å². The Bertz CT molecular complexity index is 571. The second kappa shape index (κ2) is 5.77. The monoisotopic (exact) mass is 288 g/mol. The molecule has 2 atom stereocenters. The molecule has 2 heterocycles. The summed E-state index contributed by atoms with van der Waals surface area (Å²) in [5.74, 6) is 1.95. The Kier molecular flexibility index (Phi) is 3.84. The van der Waals surface area contributed by atoms with Crippen molar-refractivity contribution in [2.24, 2.45) is 11.7 Å². The van der Waals surface area contributed by atoms with Crippen LogP contribution < -0.4 is 15.2 Å². The van der Waals surface area contributed by atoms with Crippen LogP contribution in [0.1, 0.15) is 18.9 Å². The molecule has 0 aromatic heterocycles. The average molecular weight is 288 g/mol. The Balaban J connectivity index is 1.64. The molecule has 2 unspecified atom stereocenters.